The van der Waals surface area contributed by atoms with Gasteiger partial charge in [0.15, 0.2) is 0 Å². The lowest BCUT2D eigenvalue weighted by atomic mass is 10.2. The van der Waals surface area contributed by atoms with E-state index in [1.165, 1.54) is 0 Å². The number of nitrogens with two attached hydrogens (primary N) is 1. The average Bonchev–Trinajstić information content (AvgIpc) is 3.22. The topological polar surface area (TPSA) is 64.2 Å². The third-order valence-corrected chi connectivity index (χ3v) is 3.52. The fourth-order valence-corrected chi connectivity index (χ4v) is 2.36. The fourth-order valence-electron chi connectivity index (χ4n) is 2.36. The first-order chi connectivity index (χ1) is 9.65. The summed E-state index contributed by atoms with van der Waals surface area (Å²) in [4.78, 5) is 18.3. The van der Waals surface area contributed by atoms with Crippen LogP contribution in [0.15, 0.2) is 36.8 Å². The van der Waals surface area contributed by atoms with Crippen molar-refractivity contribution >= 4 is 11.6 Å². The van der Waals surface area contributed by atoms with Crippen molar-refractivity contribution in [2.24, 2.45) is 0 Å². The minimum atomic E-state index is -0.00236. The lowest BCUT2D eigenvalue weighted by molar-refractivity contribution is 0.0774. The molecule has 0 bridgehead atoms. The van der Waals surface area contributed by atoms with Crippen LogP contribution in [0.2, 0.25) is 0 Å². The molecule has 5 nitrogen and oxygen atoms in total. The Balaban J connectivity index is 1.78. The zero-order chi connectivity index (χ0) is 14.1. The van der Waals surface area contributed by atoms with Gasteiger partial charge in [-0.25, -0.2) is 0 Å². The number of amides is 1. The molecule has 2 aromatic heterocycles. The Kier molecular flexibility index (Phi) is 3.18. The third-order valence-electron chi connectivity index (χ3n) is 3.52. The van der Waals surface area contributed by atoms with E-state index in [0.29, 0.717) is 24.0 Å². The zero-order valence-electron chi connectivity index (χ0n) is 11.5. The molecule has 1 saturated carbocycles. The van der Waals surface area contributed by atoms with Gasteiger partial charge in [0.05, 0.1) is 5.69 Å². The van der Waals surface area contributed by atoms with Gasteiger partial charge in [0.25, 0.3) is 5.91 Å². The number of pyridine rings is 1. The molecule has 20 heavy (non-hydrogen) atoms. The molecule has 0 atom stereocenters. The molecule has 5 heteroatoms. The molecule has 2 aromatic rings. The van der Waals surface area contributed by atoms with Crippen molar-refractivity contribution in [3.8, 4) is 0 Å². The van der Waals surface area contributed by atoms with Crippen LogP contribution in [0.1, 0.15) is 34.9 Å². The predicted octanol–water partition coefficient (Wildman–Crippen LogP) is 2.07. The highest BCUT2D eigenvalue weighted by atomic mass is 16.2. The van der Waals surface area contributed by atoms with Gasteiger partial charge in [0.2, 0.25) is 0 Å². The van der Waals surface area contributed by atoms with E-state index in [4.69, 9.17) is 5.73 Å². The van der Waals surface area contributed by atoms with Crippen LogP contribution in [-0.2, 0) is 6.54 Å². The molecule has 2 heterocycles. The lowest BCUT2D eigenvalue weighted by Crippen LogP contribution is -2.28. The van der Waals surface area contributed by atoms with Crippen molar-refractivity contribution < 1.29 is 4.79 Å². The van der Waals surface area contributed by atoms with Gasteiger partial charge in [-0.3, -0.25) is 9.78 Å². The molecule has 104 valence electrons. The van der Waals surface area contributed by atoms with Crippen molar-refractivity contribution in [1.29, 1.82) is 0 Å². The first-order valence-electron chi connectivity index (χ1n) is 6.77. The third kappa shape index (κ3) is 2.52. The summed E-state index contributed by atoms with van der Waals surface area (Å²) >= 11 is 0. The molecule has 0 saturated heterocycles. The van der Waals surface area contributed by atoms with Crippen LogP contribution in [0.3, 0.4) is 0 Å². The first kappa shape index (κ1) is 12.7. The maximum atomic E-state index is 12.5. The van der Waals surface area contributed by atoms with Gasteiger partial charge in [-0.1, -0.05) is 6.07 Å². The highest BCUT2D eigenvalue weighted by molar-refractivity contribution is 5.93. The zero-order valence-corrected chi connectivity index (χ0v) is 11.5. The number of nitrogens with zero attached hydrogens (tertiary/aromatic N) is 3. The number of rotatable bonds is 4. The first-order valence-corrected chi connectivity index (χ1v) is 6.77. The van der Waals surface area contributed by atoms with E-state index >= 15 is 0 Å². The van der Waals surface area contributed by atoms with E-state index in [1.54, 1.807) is 30.4 Å². The second kappa shape index (κ2) is 5.00. The van der Waals surface area contributed by atoms with Crippen LogP contribution in [-0.4, -0.2) is 27.4 Å². The van der Waals surface area contributed by atoms with Crippen molar-refractivity contribution in [3.05, 3.63) is 48.0 Å². The van der Waals surface area contributed by atoms with Crippen LogP contribution in [0.5, 0.6) is 0 Å². The molecule has 1 aliphatic carbocycles. The number of carbonyl (C=O) groups is 1. The van der Waals surface area contributed by atoms with Crippen molar-refractivity contribution in [2.45, 2.75) is 25.4 Å². The Morgan fingerprint density at radius 2 is 2.35 bits per heavy atom. The van der Waals surface area contributed by atoms with E-state index < -0.39 is 0 Å². The number of nitrogen functional groups attached to an aromatic ring is 1. The van der Waals surface area contributed by atoms with Gasteiger partial charge < -0.3 is 15.2 Å². The van der Waals surface area contributed by atoms with E-state index in [0.717, 1.165) is 18.4 Å². The molecule has 1 fully saturated rings. The molecule has 0 aromatic carbocycles. The van der Waals surface area contributed by atoms with E-state index in [-0.39, 0.29) is 5.91 Å². The molecule has 2 N–H and O–H groups in total. The van der Waals surface area contributed by atoms with Crippen LogP contribution < -0.4 is 5.73 Å². The van der Waals surface area contributed by atoms with Crippen LogP contribution in [0.4, 0.5) is 5.69 Å². The minimum absolute atomic E-state index is 0.00236. The highest BCUT2D eigenvalue weighted by Gasteiger charge is 2.28. The summed E-state index contributed by atoms with van der Waals surface area (Å²) in [6, 6.07) is 6.04. The number of hydrogen-bond donors (Lipinski definition) is 1. The van der Waals surface area contributed by atoms with Crippen LogP contribution >= 0.6 is 0 Å². The van der Waals surface area contributed by atoms with Gasteiger partial charge in [-0.05, 0) is 30.5 Å². The summed E-state index contributed by atoms with van der Waals surface area (Å²) in [5.41, 5.74) is 8.17. The summed E-state index contributed by atoms with van der Waals surface area (Å²) < 4.78 is 2.01. The number of carbonyl (C=O) groups excluding carboxylic acids is 1. The van der Waals surface area contributed by atoms with Crippen molar-refractivity contribution in [1.82, 2.24) is 14.5 Å². The van der Waals surface area contributed by atoms with E-state index in [1.807, 2.05) is 22.9 Å². The van der Waals surface area contributed by atoms with Crippen molar-refractivity contribution in [3.63, 3.8) is 0 Å². The van der Waals surface area contributed by atoms with Crippen LogP contribution in [0.25, 0.3) is 0 Å². The van der Waals surface area contributed by atoms with Crippen molar-refractivity contribution in [2.75, 3.05) is 12.8 Å². The normalized spacial score (nSPS) is 14.2. The molecule has 3 rings (SSSR count). The number of anilines is 1. The fraction of sp³-hybridized carbons (Fsp3) is 0.333. The minimum Gasteiger partial charge on any atom is -0.397 e. The molecule has 0 aliphatic heterocycles. The molecule has 0 radical (unpaired) electrons. The van der Waals surface area contributed by atoms with E-state index in [2.05, 4.69) is 4.98 Å². The Morgan fingerprint density at radius 1 is 1.55 bits per heavy atom. The molecule has 1 amide bonds. The van der Waals surface area contributed by atoms with Gasteiger partial charge in [0, 0.05) is 38.2 Å². The average molecular weight is 270 g/mol. The summed E-state index contributed by atoms with van der Waals surface area (Å²) in [6.45, 7) is 0.544. The predicted molar refractivity (Wildman–Crippen MR) is 77.1 cm³/mol. The highest BCUT2D eigenvalue weighted by Crippen LogP contribution is 2.37. The monoisotopic (exact) mass is 270 g/mol. The summed E-state index contributed by atoms with van der Waals surface area (Å²) in [5.74, 6) is -0.00236. The molecular formula is C15H18N4O. The van der Waals surface area contributed by atoms with Gasteiger partial charge in [-0.2, -0.15) is 0 Å². The van der Waals surface area contributed by atoms with Crippen LogP contribution in [0, 0.1) is 0 Å². The Hall–Kier alpha value is -2.30. The molecular weight excluding hydrogens is 252 g/mol. The Bertz CT molecular complexity index is 616. The standard InChI is InChI=1S/C15H18N4O/c1-18(9-11-3-2-6-17-8-11)15(20)14-7-12(16)10-19(14)13-4-5-13/h2-3,6-8,10,13H,4-5,9,16H2,1H3. The summed E-state index contributed by atoms with van der Waals surface area (Å²) in [7, 11) is 1.80. The SMILES string of the molecule is CN(Cc1cccnc1)C(=O)c1cc(N)cn1C1CC1. The maximum Gasteiger partial charge on any atom is 0.270 e. The van der Waals surface area contributed by atoms with Gasteiger partial charge in [0.1, 0.15) is 5.69 Å². The van der Waals surface area contributed by atoms with E-state index in [9.17, 15) is 4.79 Å². The summed E-state index contributed by atoms with van der Waals surface area (Å²) in [6.07, 6.45) is 7.62. The Morgan fingerprint density at radius 3 is 3.00 bits per heavy atom. The largest absolute Gasteiger partial charge is 0.397 e. The maximum absolute atomic E-state index is 12.5. The quantitative estimate of drug-likeness (QED) is 0.925. The molecule has 1 aliphatic rings. The molecule has 0 spiro atoms. The molecule has 0 unspecified atom stereocenters. The van der Waals surface area contributed by atoms with Gasteiger partial charge in [-0.15, -0.1) is 0 Å². The van der Waals surface area contributed by atoms with Gasteiger partial charge >= 0.3 is 0 Å². The number of hydrogen-bond acceptors (Lipinski definition) is 3. The Labute approximate surface area is 118 Å². The summed E-state index contributed by atoms with van der Waals surface area (Å²) in [5, 5.41) is 0. The number of aromatic nitrogens is 2. The lowest BCUT2D eigenvalue weighted by Gasteiger charge is -2.18. The second-order valence-electron chi connectivity index (χ2n) is 5.32. The smallest absolute Gasteiger partial charge is 0.270 e. The second-order valence-corrected chi connectivity index (χ2v) is 5.32.